The zero-order valence-corrected chi connectivity index (χ0v) is 11.5. The van der Waals surface area contributed by atoms with Crippen molar-refractivity contribution >= 4 is 11.6 Å². The van der Waals surface area contributed by atoms with Crippen LogP contribution in [0.15, 0.2) is 24.8 Å². The maximum Gasteiger partial charge on any atom is 0.253 e. The summed E-state index contributed by atoms with van der Waals surface area (Å²) in [5.41, 5.74) is 6.57. The molecule has 104 valence electrons. The normalized spacial score (nSPS) is 11.5. The van der Waals surface area contributed by atoms with E-state index in [1.807, 2.05) is 6.92 Å². The number of carbonyl (C=O) groups excluding carboxylic acids is 1. The van der Waals surface area contributed by atoms with E-state index in [4.69, 9.17) is 15.2 Å². The molecule has 1 unspecified atom stereocenters. The van der Waals surface area contributed by atoms with Crippen molar-refractivity contribution < 1.29 is 14.3 Å². The summed E-state index contributed by atoms with van der Waals surface area (Å²) in [5, 5.41) is 2.84. The van der Waals surface area contributed by atoms with Crippen LogP contribution in [0.4, 0.5) is 5.69 Å². The molecule has 0 heterocycles. The molecule has 0 aliphatic carbocycles. The summed E-state index contributed by atoms with van der Waals surface area (Å²) < 4.78 is 10.3. The number of anilines is 1. The van der Waals surface area contributed by atoms with E-state index >= 15 is 0 Å². The summed E-state index contributed by atoms with van der Waals surface area (Å²) >= 11 is 0. The Hall–Kier alpha value is -2.17. The van der Waals surface area contributed by atoms with Gasteiger partial charge in [-0.05, 0) is 19.4 Å². The van der Waals surface area contributed by atoms with Gasteiger partial charge in [0.2, 0.25) is 0 Å². The van der Waals surface area contributed by atoms with Gasteiger partial charge < -0.3 is 20.5 Å². The second-order valence-electron chi connectivity index (χ2n) is 4.19. The molecule has 5 nitrogen and oxygen atoms in total. The summed E-state index contributed by atoms with van der Waals surface area (Å²) in [5.74, 6) is 0.724. The number of hydrogen-bond acceptors (Lipinski definition) is 4. The van der Waals surface area contributed by atoms with Gasteiger partial charge >= 0.3 is 0 Å². The molecule has 1 amide bonds. The minimum absolute atomic E-state index is 0.00232. The predicted octanol–water partition coefficient (Wildman–Crippen LogP) is 1.98. The minimum atomic E-state index is -0.243. The molecule has 0 aliphatic heterocycles. The molecule has 3 N–H and O–H groups in total. The second kappa shape index (κ2) is 6.68. The Morgan fingerprint density at radius 2 is 2.00 bits per heavy atom. The predicted molar refractivity (Wildman–Crippen MR) is 75.7 cm³/mol. The van der Waals surface area contributed by atoms with Crippen molar-refractivity contribution in [2.45, 2.75) is 19.4 Å². The highest BCUT2D eigenvalue weighted by atomic mass is 16.5. The fourth-order valence-electron chi connectivity index (χ4n) is 1.70. The number of nitrogens with one attached hydrogen (secondary N) is 1. The van der Waals surface area contributed by atoms with Gasteiger partial charge in [-0.2, -0.15) is 0 Å². The quantitative estimate of drug-likeness (QED) is 0.608. The van der Waals surface area contributed by atoms with Gasteiger partial charge in [0.05, 0.1) is 19.8 Å². The van der Waals surface area contributed by atoms with E-state index in [2.05, 4.69) is 11.9 Å². The summed E-state index contributed by atoms with van der Waals surface area (Å²) in [7, 11) is 3.03. The number of nitrogens with two attached hydrogens (primary N) is 1. The number of carbonyl (C=O) groups is 1. The SMILES string of the molecule is C=CCC(C)NC(=O)c1cc(OC)c(OC)cc1N. The third kappa shape index (κ3) is 3.64. The van der Waals surface area contributed by atoms with Crippen molar-refractivity contribution in [2.24, 2.45) is 0 Å². The Balaban J connectivity index is 2.99. The van der Waals surface area contributed by atoms with Crippen LogP contribution >= 0.6 is 0 Å². The number of rotatable bonds is 6. The Bertz CT molecular complexity index is 472. The molecule has 1 atom stereocenters. The van der Waals surface area contributed by atoms with Gasteiger partial charge in [0.25, 0.3) is 5.91 Å². The monoisotopic (exact) mass is 264 g/mol. The van der Waals surface area contributed by atoms with Gasteiger partial charge in [-0.3, -0.25) is 4.79 Å². The molecule has 5 heteroatoms. The molecule has 0 fully saturated rings. The molecule has 0 spiro atoms. The van der Waals surface area contributed by atoms with Crippen molar-refractivity contribution in [2.75, 3.05) is 20.0 Å². The Kier molecular flexibility index (Phi) is 5.23. The molecule has 0 radical (unpaired) electrons. The number of nitrogen functional groups attached to an aromatic ring is 1. The van der Waals surface area contributed by atoms with E-state index in [9.17, 15) is 4.79 Å². The lowest BCUT2D eigenvalue weighted by Gasteiger charge is -2.15. The first-order valence-electron chi connectivity index (χ1n) is 5.96. The average Bonchev–Trinajstić information content (AvgIpc) is 2.38. The summed E-state index contributed by atoms with van der Waals surface area (Å²) in [6.45, 7) is 5.54. The molecule has 19 heavy (non-hydrogen) atoms. The number of amides is 1. The standard InChI is InChI=1S/C14H20N2O3/c1-5-6-9(2)16-14(17)10-7-12(18-3)13(19-4)8-11(10)15/h5,7-9H,1,6,15H2,2-4H3,(H,16,17). The van der Waals surface area contributed by atoms with Gasteiger partial charge in [0, 0.05) is 17.8 Å². The van der Waals surface area contributed by atoms with Crippen LogP contribution in [0, 0.1) is 0 Å². The lowest BCUT2D eigenvalue weighted by atomic mass is 10.1. The van der Waals surface area contributed by atoms with Crippen molar-refractivity contribution in [1.82, 2.24) is 5.32 Å². The highest BCUT2D eigenvalue weighted by Crippen LogP contribution is 2.31. The van der Waals surface area contributed by atoms with E-state index < -0.39 is 0 Å². The number of ether oxygens (including phenoxy) is 2. The lowest BCUT2D eigenvalue weighted by molar-refractivity contribution is 0.0941. The summed E-state index contributed by atoms with van der Waals surface area (Å²) in [6, 6.07) is 3.15. The van der Waals surface area contributed by atoms with Gasteiger partial charge in [0.1, 0.15) is 0 Å². The van der Waals surface area contributed by atoms with Crippen LogP contribution in [0.1, 0.15) is 23.7 Å². The zero-order chi connectivity index (χ0) is 14.4. The van der Waals surface area contributed by atoms with Gasteiger partial charge in [0.15, 0.2) is 11.5 Å². The van der Waals surface area contributed by atoms with Crippen LogP contribution in [0.2, 0.25) is 0 Å². The lowest BCUT2D eigenvalue weighted by Crippen LogP contribution is -2.32. The Morgan fingerprint density at radius 1 is 1.42 bits per heavy atom. The molecule has 0 aliphatic rings. The summed E-state index contributed by atoms with van der Waals surface area (Å²) in [4.78, 5) is 12.1. The van der Waals surface area contributed by atoms with Crippen molar-refractivity contribution in [3.8, 4) is 11.5 Å². The molecule has 0 bridgehead atoms. The smallest absolute Gasteiger partial charge is 0.253 e. The third-order valence-electron chi connectivity index (χ3n) is 2.70. The fraction of sp³-hybridized carbons (Fsp3) is 0.357. The minimum Gasteiger partial charge on any atom is -0.493 e. The van der Waals surface area contributed by atoms with Crippen LogP contribution in [-0.2, 0) is 0 Å². The maximum atomic E-state index is 12.1. The molecule has 0 saturated heterocycles. The second-order valence-corrected chi connectivity index (χ2v) is 4.19. The van der Waals surface area contributed by atoms with Crippen LogP contribution in [0.5, 0.6) is 11.5 Å². The molecule has 1 aromatic carbocycles. The van der Waals surface area contributed by atoms with Gasteiger partial charge in [-0.15, -0.1) is 6.58 Å². The van der Waals surface area contributed by atoms with Crippen molar-refractivity contribution in [3.63, 3.8) is 0 Å². The van der Waals surface area contributed by atoms with Crippen LogP contribution in [-0.4, -0.2) is 26.2 Å². The van der Waals surface area contributed by atoms with Crippen LogP contribution < -0.4 is 20.5 Å². The maximum absolute atomic E-state index is 12.1. The molecule has 0 aromatic heterocycles. The highest BCUT2D eigenvalue weighted by Gasteiger charge is 2.16. The number of hydrogen-bond donors (Lipinski definition) is 2. The van der Waals surface area contributed by atoms with E-state index in [0.717, 1.165) is 0 Å². The Labute approximate surface area is 113 Å². The molecule has 1 aromatic rings. The Morgan fingerprint density at radius 3 is 2.53 bits per heavy atom. The van der Waals surface area contributed by atoms with Gasteiger partial charge in [-0.25, -0.2) is 0 Å². The molecular formula is C14H20N2O3. The first-order chi connectivity index (χ1) is 9.03. The van der Waals surface area contributed by atoms with E-state index in [-0.39, 0.29) is 11.9 Å². The topological polar surface area (TPSA) is 73.6 Å². The highest BCUT2D eigenvalue weighted by molar-refractivity contribution is 6.00. The van der Waals surface area contributed by atoms with E-state index in [1.54, 1.807) is 18.2 Å². The van der Waals surface area contributed by atoms with Crippen LogP contribution in [0.3, 0.4) is 0 Å². The average molecular weight is 264 g/mol. The van der Waals surface area contributed by atoms with Crippen molar-refractivity contribution in [3.05, 3.63) is 30.4 Å². The molecule has 0 saturated carbocycles. The third-order valence-corrected chi connectivity index (χ3v) is 2.70. The first-order valence-corrected chi connectivity index (χ1v) is 5.96. The zero-order valence-electron chi connectivity index (χ0n) is 11.5. The molecular weight excluding hydrogens is 244 g/mol. The number of benzene rings is 1. The fourth-order valence-corrected chi connectivity index (χ4v) is 1.70. The van der Waals surface area contributed by atoms with Gasteiger partial charge in [-0.1, -0.05) is 6.08 Å². The van der Waals surface area contributed by atoms with E-state index in [1.165, 1.54) is 14.2 Å². The van der Waals surface area contributed by atoms with Crippen molar-refractivity contribution in [1.29, 1.82) is 0 Å². The largest absolute Gasteiger partial charge is 0.493 e. The van der Waals surface area contributed by atoms with Crippen LogP contribution in [0.25, 0.3) is 0 Å². The van der Waals surface area contributed by atoms with E-state index in [0.29, 0.717) is 29.2 Å². The summed E-state index contributed by atoms with van der Waals surface area (Å²) in [6.07, 6.45) is 2.45. The first kappa shape index (κ1) is 14.9. The number of methoxy groups -OCH3 is 2. The molecule has 1 rings (SSSR count).